The molecule has 0 unspecified atom stereocenters. The number of rotatable bonds is 5. The third-order valence-electron chi connectivity index (χ3n) is 2.12. The Bertz CT molecular complexity index is 347. The monoisotopic (exact) mass is 225 g/mol. The van der Waals surface area contributed by atoms with Crippen LogP contribution in [0.3, 0.4) is 0 Å². The first-order valence-electron chi connectivity index (χ1n) is 5.31. The minimum atomic E-state index is -0.405. The molecule has 1 amide bonds. The van der Waals surface area contributed by atoms with E-state index >= 15 is 0 Å². The molecular formula is C11H19N3O2. The molecule has 0 spiro atoms. The van der Waals surface area contributed by atoms with E-state index < -0.39 is 5.91 Å². The first-order chi connectivity index (χ1) is 7.52. The maximum absolute atomic E-state index is 11.1. The molecule has 16 heavy (non-hydrogen) atoms. The quantitative estimate of drug-likeness (QED) is 0.445. The van der Waals surface area contributed by atoms with E-state index in [9.17, 15) is 4.79 Å². The van der Waals surface area contributed by atoms with Crippen molar-refractivity contribution in [1.29, 1.82) is 0 Å². The van der Waals surface area contributed by atoms with Crippen LogP contribution in [0.25, 0.3) is 0 Å². The number of nitrogen functional groups attached to an aromatic ring is 1. The maximum atomic E-state index is 11.1. The van der Waals surface area contributed by atoms with E-state index in [1.54, 1.807) is 12.1 Å². The molecule has 1 heterocycles. The van der Waals surface area contributed by atoms with Crippen molar-refractivity contribution in [2.24, 2.45) is 11.8 Å². The van der Waals surface area contributed by atoms with Gasteiger partial charge in [0.15, 0.2) is 5.76 Å². The molecule has 0 aliphatic heterocycles. The second-order valence-corrected chi connectivity index (χ2v) is 4.33. The standard InChI is InChI=1S/C11H19N3O2/c1-8(2)6-14(3)7-9-4-5-10(16-9)11(15)13-12/h4-5,8H,6-7,12H2,1-3H3,(H,13,15). The Kier molecular flexibility index (Phi) is 4.52. The lowest BCUT2D eigenvalue weighted by Gasteiger charge is -2.17. The number of furan rings is 1. The van der Waals surface area contributed by atoms with Crippen molar-refractivity contribution in [2.75, 3.05) is 13.6 Å². The first-order valence-corrected chi connectivity index (χ1v) is 5.31. The van der Waals surface area contributed by atoms with Crippen molar-refractivity contribution in [1.82, 2.24) is 10.3 Å². The lowest BCUT2D eigenvalue weighted by Crippen LogP contribution is -2.29. The van der Waals surface area contributed by atoms with Gasteiger partial charge < -0.3 is 4.42 Å². The van der Waals surface area contributed by atoms with Gasteiger partial charge in [-0.05, 0) is 25.1 Å². The van der Waals surface area contributed by atoms with Gasteiger partial charge in [-0.25, -0.2) is 5.84 Å². The normalized spacial score (nSPS) is 11.1. The Hall–Kier alpha value is -1.33. The summed E-state index contributed by atoms with van der Waals surface area (Å²) in [5.74, 6) is 6.22. The van der Waals surface area contributed by atoms with Crippen molar-refractivity contribution in [3.05, 3.63) is 23.7 Å². The number of carbonyl (C=O) groups is 1. The molecule has 0 fully saturated rings. The number of nitrogens with zero attached hydrogens (tertiary/aromatic N) is 1. The summed E-state index contributed by atoms with van der Waals surface area (Å²) < 4.78 is 5.35. The molecule has 1 aromatic rings. The smallest absolute Gasteiger partial charge is 0.300 e. The molecule has 0 saturated carbocycles. The summed E-state index contributed by atoms with van der Waals surface area (Å²) in [6, 6.07) is 3.42. The van der Waals surface area contributed by atoms with Crippen LogP contribution in [0.5, 0.6) is 0 Å². The highest BCUT2D eigenvalue weighted by atomic mass is 16.4. The van der Waals surface area contributed by atoms with E-state index in [0.717, 1.165) is 12.3 Å². The van der Waals surface area contributed by atoms with Gasteiger partial charge in [0, 0.05) is 6.54 Å². The molecule has 0 radical (unpaired) electrons. The Labute approximate surface area is 95.6 Å². The fraction of sp³-hybridized carbons (Fsp3) is 0.545. The number of hydrazine groups is 1. The SMILES string of the molecule is CC(C)CN(C)Cc1ccc(C(=O)NN)o1. The van der Waals surface area contributed by atoms with Crippen LogP contribution in [-0.2, 0) is 6.54 Å². The first kappa shape index (κ1) is 12.7. The third-order valence-corrected chi connectivity index (χ3v) is 2.12. The molecule has 5 heteroatoms. The lowest BCUT2D eigenvalue weighted by molar-refractivity contribution is 0.0922. The van der Waals surface area contributed by atoms with Crippen LogP contribution < -0.4 is 11.3 Å². The van der Waals surface area contributed by atoms with Gasteiger partial charge in [-0.15, -0.1) is 0 Å². The minimum absolute atomic E-state index is 0.246. The predicted molar refractivity (Wildman–Crippen MR) is 61.5 cm³/mol. The predicted octanol–water partition coefficient (Wildman–Crippen LogP) is 0.971. The zero-order chi connectivity index (χ0) is 12.1. The van der Waals surface area contributed by atoms with E-state index in [-0.39, 0.29) is 5.76 Å². The summed E-state index contributed by atoms with van der Waals surface area (Å²) in [5, 5.41) is 0. The van der Waals surface area contributed by atoms with Gasteiger partial charge in [-0.1, -0.05) is 13.8 Å². The molecule has 0 atom stereocenters. The minimum Gasteiger partial charge on any atom is -0.455 e. The number of hydrogen-bond acceptors (Lipinski definition) is 4. The van der Waals surface area contributed by atoms with E-state index in [1.165, 1.54) is 0 Å². The van der Waals surface area contributed by atoms with Crippen LogP contribution in [-0.4, -0.2) is 24.4 Å². The highest BCUT2D eigenvalue weighted by Gasteiger charge is 2.11. The van der Waals surface area contributed by atoms with Crippen LogP contribution in [0.1, 0.15) is 30.2 Å². The maximum Gasteiger partial charge on any atom is 0.300 e. The molecule has 0 aromatic carbocycles. The van der Waals surface area contributed by atoms with Crippen LogP contribution >= 0.6 is 0 Å². The third kappa shape index (κ3) is 3.67. The second kappa shape index (κ2) is 5.67. The summed E-state index contributed by atoms with van der Waals surface area (Å²) in [6.45, 7) is 5.99. The molecule has 5 nitrogen and oxygen atoms in total. The average molecular weight is 225 g/mol. The van der Waals surface area contributed by atoms with Gasteiger partial charge in [-0.3, -0.25) is 15.1 Å². The van der Waals surface area contributed by atoms with Crippen molar-refractivity contribution < 1.29 is 9.21 Å². The van der Waals surface area contributed by atoms with Gasteiger partial charge in [-0.2, -0.15) is 0 Å². The van der Waals surface area contributed by atoms with Gasteiger partial charge >= 0.3 is 5.91 Å². The number of carbonyl (C=O) groups excluding carboxylic acids is 1. The number of nitrogens with two attached hydrogens (primary N) is 1. The fourth-order valence-corrected chi connectivity index (χ4v) is 1.61. The van der Waals surface area contributed by atoms with Crippen LogP contribution in [0.15, 0.2) is 16.5 Å². The molecule has 3 N–H and O–H groups in total. The van der Waals surface area contributed by atoms with Crippen molar-refractivity contribution in [3.63, 3.8) is 0 Å². The fourth-order valence-electron chi connectivity index (χ4n) is 1.61. The average Bonchev–Trinajstić information content (AvgIpc) is 2.63. The summed E-state index contributed by atoms with van der Waals surface area (Å²) in [4.78, 5) is 13.3. The molecule has 0 saturated heterocycles. The Balaban J connectivity index is 2.55. The van der Waals surface area contributed by atoms with E-state index in [1.807, 2.05) is 12.5 Å². The topological polar surface area (TPSA) is 71.5 Å². The van der Waals surface area contributed by atoms with Crippen LogP contribution in [0.4, 0.5) is 0 Å². The highest BCUT2D eigenvalue weighted by molar-refractivity contribution is 5.90. The summed E-state index contributed by atoms with van der Waals surface area (Å²) in [5.41, 5.74) is 2.03. The highest BCUT2D eigenvalue weighted by Crippen LogP contribution is 2.10. The van der Waals surface area contributed by atoms with Crippen molar-refractivity contribution >= 4 is 5.91 Å². The number of amides is 1. The zero-order valence-corrected chi connectivity index (χ0v) is 9.99. The van der Waals surface area contributed by atoms with Gasteiger partial charge in [0.05, 0.1) is 6.54 Å². The van der Waals surface area contributed by atoms with Crippen molar-refractivity contribution in [3.8, 4) is 0 Å². The molecule has 0 aliphatic carbocycles. The van der Waals surface area contributed by atoms with Gasteiger partial charge in [0.2, 0.25) is 0 Å². The second-order valence-electron chi connectivity index (χ2n) is 4.33. The molecule has 1 aromatic heterocycles. The van der Waals surface area contributed by atoms with Gasteiger partial charge in [0.25, 0.3) is 0 Å². The van der Waals surface area contributed by atoms with E-state index in [0.29, 0.717) is 12.5 Å². The van der Waals surface area contributed by atoms with Crippen LogP contribution in [0, 0.1) is 5.92 Å². The Morgan fingerprint density at radius 2 is 2.25 bits per heavy atom. The zero-order valence-electron chi connectivity index (χ0n) is 9.99. The Morgan fingerprint density at radius 1 is 1.56 bits per heavy atom. The molecule has 0 bridgehead atoms. The summed E-state index contributed by atoms with van der Waals surface area (Å²) >= 11 is 0. The Morgan fingerprint density at radius 3 is 2.81 bits per heavy atom. The van der Waals surface area contributed by atoms with Crippen LogP contribution in [0.2, 0.25) is 0 Å². The summed E-state index contributed by atoms with van der Waals surface area (Å²) in [7, 11) is 2.02. The lowest BCUT2D eigenvalue weighted by atomic mass is 10.2. The van der Waals surface area contributed by atoms with Gasteiger partial charge in [0.1, 0.15) is 5.76 Å². The summed E-state index contributed by atoms with van der Waals surface area (Å²) in [6.07, 6.45) is 0. The molecule has 0 aliphatic rings. The van der Waals surface area contributed by atoms with E-state index in [4.69, 9.17) is 10.3 Å². The van der Waals surface area contributed by atoms with Crippen molar-refractivity contribution in [2.45, 2.75) is 20.4 Å². The molecule has 90 valence electrons. The van der Waals surface area contributed by atoms with E-state index in [2.05, 4.69) is 18.7 Å². The molecular weight excluding hydrogens is 206 g/mol. The number of nitrogens with one attached hydrogen (secondary N) is 1. The largest absolute Gasteiger partial charge is 0.455 e. The molecule has 1 rings (SSSR count). The number of hydrogen-bond donors (Lipinski definition) is 2.